The number of nitrogens with one attached hydrogen (secondary N) is 2. The Bertz CT molecular complexity index is 456. The van der Waals surface area contributed by atoms with Gasteiger partial charge in [0.1, 0.15) is 18.2 Å². The van der Waals surface area contributed by atoms with Crippen LogP contribution in [0.1, 0.15) is 25.6 Å². The predicted octanol–water partition coefficient (Wildman–Crippen LogP) is 0.406. The molecule has 1 rings (SSSR count). The second-order valence-electron chi connectivity index (χ2n) is 4.04. The molecule has 1 heterocycles. The van der Waals surface area contributed by atoms with E-state index in [2.05, 4.69) is 15.3 Å². The summed E-state index contributed by atoms with van der Waals surface area (Å²) < 4.78 is 4.85. The first kappa shape index (κ1) is 14.2. The summed E-state index contributed by atoms with van der Waals surface area (Å²) >= 11 is 0. The van der Waals surface area contributed by atoms with Crippen molar-refractivity contribution in [2.75, 3.05) is 25.1 Å². The van der Waals surface area contributed by atoms with Crippen LogP contribution in [-0.4, -0.2) is 40.8 Å². The van der Waals surface area contributed by atoms with Crippen LogP contribution in [0.4, 0.5) is 5.82 Å². The molecule has 1 aromatic heterocycles. The maximum absolute atomic E-state index is 11.3. The molecule has 0 aliphatic rings. The van der Waals surface area contributed by atoms with E-state index in [1.54, 1.807) is 0 Å². The fourth-order valence-electron chi connectivity index (χ4n) is 1.25. The van der Waals surface area contributed by atoms with Gasteiger partial charge in [0.05, 0.1) is 6.61 Å². The number of carboxylic acids is 1. The number of rotatable bonds is 7. The zero-order valence-electron chi connectivity index (χ0n) is 10.4. The van der Waals surface area contributed by atoms with Gasteiger partial charge in [-0.05, 0) is 0 Å². The fourth-order valence-corrected chi connectivity index (χ4v) is 1.25. The maximum Gasteiger partial charge on any atom is 0.329 e. The number of ether oxygens (including phenoxy) is 1. The Kier molecular flexibility index (Phi) is 5.31. The summed E-state index contributed by atoms with van der Waals surface area (Å²) in [6.07, 6.45) is 0. The lowest BCUT2D eigenvalue weighted by atomic mass is 10.2. The van der Waals surface area contributed by atoms with E-state index < -0.39 is 5.97 Å². The Morgan fingerprint density at radius 1 is 1.61 bits per heavy atom. The highest BCUT2D eigenvalue weighted by molar-refractivity contribution is 5.67. The van der Waals surface area contributed by atoms with Crippen LogP contribution in [0.2, 0.25) is 0 Å². The first-order valence-corrected chi connectivity index (χ1v) is 5.63. The second-order valence-corrected chi connectivity index (χ2v) is 4.04. The minimum Gasteiger partial charge on any atom is -0.480 e. The van der Waals surface area contributed by atoms with Crippen LogP contribution in [0.3, 0.4) is 0 Å². The first-order valence-electron chi connectivity index (χ1n) is 5.63. The van der Waals surface area contributed by atoms with Gasteiger partial charge in [-0.2, -0.15) is 0 Å². The van der Waals surface area contributed by atoms with Gasteiger partial charge in [-0.15, -0.1) is 0 Å². The van der Waals surface area contributed by atoms with E-state index in [4.69, 9.17) is 9.84 Å². The molecule has 7 nitrogen and oxygen atoms in total. The highest BCUT2D eigenvalue weighted by Crippen LogP contribution is 2.08. The molecule has 0 saturated heterocycles. The summed E-state index contributed by atoms with van der Waals surface area (Å²) in [5, 5.41) is 11.3. The Morgan fingerprint density at radius 3 is 2.94 bits per heavy atom. The summed E-state index contributed by atoms with van der Waals surface area (Å²) in [7, 11) is 0. The lowest BCUT2D eigenvalue weighted by molar-refractivity contribution is -0.142. The quantitative estimate of drug-likeness (QED) is 0.609. The minimum absolute atomic E-state index is 0.128. The number of hydrogen-bond acceptors (Lipinski definition) is 5. The van der Waals surface area contributed by atoms with Crippen LogP contribution in [0, 0.1) is 0 Å². The molecule has 7 heteroatoms. The monoisotopic (exact) mass is 255 g/mol. The summed E-state index contributed by atoms with van der Waals surface area (Å²) in [5.74, 6) is 0.187. The molecule has 0 amide bonds. The van der Waals surface area contributed by atoms with Crippen LogP contribution in [-0.2, 0) is 9.53 Å². The van der Waals surface area contributed by atoms with Crippen molar-refractivity contribution in [1.29, 1.82) is 0 Å². The van der Waals surface area contributed by atoms with Gasteiger partial charge in [0.15, 0.2) is 0 Å². The van der Waals surface area contributed by atoms with Crippen molar-refractivity contribution in [1.82, 2.24) is 9.97 Å². The Balaban J connectivity index is 2.47. The van der Waals surface area contributed by atoms with Crippen LogP contribution in [0.5, 0.6) is 0 Å². The number of anilines is 1. The third-order valence-corrected chi connectivity index (χ3v) is 2.08. The molecule has 0 bridgehead atoms. The van der Waals surface area contributed by atoms with Crippen LogP contribution < -0.4 is 10.9 Å². The number of carbonyl (C=O) groups is 1. The Hall–Kier alpha value is -1.89. The molecule has 0 saturated carbocycles. The molecule has 0 aliphatic carbocycles. The minimum atomic E-state index is -1.01. The number of nitrogens with zero attached hydrogens (tertiary/aromatic N) is 1. The fraction of sp³-hybridized carbons (Fsp3) is 0.545. The molecule has 100 valence electrons. The van der Waals surface area contributed by atoms with E-state index >= 15 is 0 Å². The highest BCUT2D eigenvalue weighted by Gasteiger charge is 2.04. The number of H-pyrrole nitrogens is 1. The number of hydrogen-bond donors (Lipinski definition) is 3. The molecule has 0 fully saturated rings. The molecule has 0 aromatic carbocycles. The average molecular weight is 255 g/mol. The molecule has 0 aliphatic heterocycles. The van der Waals surface area contributed by atoms with Gasteiger partial charge < -0.3 is 20.1 Å². The molecular weight excluding hydrogens is 238 g/mol. The normalized spacial score (nSPS) is 10.6. The third-order valence-electron chi connectivity index (χ3n) is 2.08. The first-order chi connectivity index (χ1) is 8.49. The largest absolute Gasteiger partial charge is 0.480 e. The number of aliphatic carboxylic acids is 1. The zero-order valence-corrected chi connectivity index (χ0v) is 10.4. The SMILES string of the molecule is CC(C)c1nc(NCCOCC(=O)O)cc(=O)[nH]1. The molecule has 3 N–H and O–H groups in total. The predicted molar refractivity (Wildman–Crippen MR) is 65.9 cm³/mol. The van der Waals surface area contributed by atoms with Gasteiger partial charge in [-0.25, -0.2) is 9.78 Å². The summed E-state index contributed by atoms with van der Waals surface area (Å²) in [5.41, 5.74) is -0.220. The topological polar surface area (TPSA) is 104 Å². The van der Waals surface area contributed by atoms with Crippen molar-refractivity contribution < 1.29 is 14.6 Å². The zero-order chi connectivity index (χ0) is 13.5. The van der Waals surface area contributed by atoms with Crippen molar-refractivity contribution in [3.63, 3.8) is 0 Å². The molecule has 0 spiro atoms. The van der Waals surface area contributed by atoms with Gasteiger partial charge in [0.25, 0.3) is 5.56 Å². The standard InChI is InChI=1S/C11H17N3O4/c1-7(2)11-13-8(5-9(15)14-11)12-3-4-18-6-10(16)17/h5,7H,3-4,6H2,1-2H3,(H,16,17)(H2,12,13,14,15). The van der Waals surface area contributed by atoms with Gasteiger partial charge in [0, 0.05) is 18.5 Å². The van der Waals surface area contributed by atoms with E-state index in [-0.39, 0.29) is 24.7 Å². The van der Waals surface area contributed by atoms with E-state index in [9.17, 15) is 9.59 Å². The third kappa shape index (κ3) is 4.96. The molecule has 1 aromatic rings. The molecule has 18 heavy (non-hydrogen) atoms. The molecule has 0 radical (unpaired) electrons. The van der Waals surface area contributed by atoms with E-state index in [0.717, 1.165) is 0 Å². The maximum atomic E-state index is 11.3. The van der Waals surface area contributed by atoms with Gasteiger partial charge in [-0.1, -0.05) is 13.8 Å². The number of aromatic nitrogens is 2. The summed E-state index contributed by atoms with van der Waals surface area (Å²) in [6, 6.07) is 1.35. The van der Waals surface area contributed by atoms with Crippen LogP contribution in [0.25, 0.3) is 0 Å². The van der Waals surface area contributed by atoms with Gasteiger partial charge >= 0.3 is 5.97 Å². The number of aromatic amines is 1. The van der Waals surface area contributed by atoms with Crippen LogP contribution in [0.15, 0.2) is 10.9 Å². The molecule has 0 atom stereocenters. The summed E-state index contributed by atoms with van der Waals surface area (Å²) in [6.45, 7) is 4.15. The highest BCUT2D eigenvalue weighted by atomic mass is 16.5. The van der Waals surface area contributed by atoms with Crippen molar-refractivity contribution in [3.8, 4) is 0 Å². The van der Waals surface area contributed by atoms with Crippen molar-refractivity contribution >= 4 is 11.8 Å². The van der Waals surface area contributed by atoms with E-state index in [0.29, 0.717) is 18.2 Å². The van der Waals surface area contributed by atoms with Crippen molar-refractivity contribution in [3.05, 3.63) is 22.2 Å². The molecular formula is C11H17N3O4. The van der Waals surface area contributed by atoms with Crippen LogP contribution >= 0.6 is 0 Å². The lowest BCUT2D eigenvalue weighted by Gasteiger charge is -2.08. The summed E-state index contributed by atoms with van der Waals surface area (Å²) in [4.78, 5) is 28.4. The van der Waals surface area contributed by atoms with Crippen molar-refractivity contribution in [2.24, 2.45) is 0 Å². The van der Waals surface area contributed by atoms with E-state index in [1.165, 1.54) is 6.07 Å². The number of carboxylic acid groups (broad SMARTS) is 1. The smallest absolute Gasteiger partial charge is 0.329 e. The van der Waals surface area contributed by atoms with E-state index in [1.807, 2.05) is 13.8 Å². The Labute approximate surface area is 104 Å². The lowest BCUT2D eigenvalue weighted by Crippen LogP contribution is -2.18. The Morgan fingerprint density at radius 2 is 2.33 bits per heavy atom. The second kappa shape index (κ2) is 6.75. The van der Waals surface area contributed by atoms with Crippen molar-refractivity contribution in [2.45, 2.75) is 19.8 Å². The molecule has 0 unspecified atom stereocenters. The average Bonchev–Trinajstić information content (AvgIpc) is 2.27. The van der Waals surface area contributed by atoms with Gasteiger partial charge in [-0.3, -0.25) is 4.79 Å². The van der Waals surface area contributed by atoms with Gasteiger partial charge in [0.2, 0.25) is 0 Å².